The molecule has 1 unspecified atom stereocenters. The van der Waals surface area contributed by atoms with E-state index >= 15 is 0 Å². The van der Waals surface area contributed by atoms with E-state index in [0.29, 0.717) is 28.8 Å². The molecule has 8 heteroatoms. The Labute approximate surface area is 152 Å². The highest BCUT2D eigenvalue weighted by molar-refractivity contribution is 7.99. The Morgan fingerprint density at radius 2 is 1.85 bits per heavy atom. The maximum atomic E-state index is 12.4. The van der Waals surface area contributed by atoms with Gasteiger partial charge in [0.15, 0.2) is 6.10 Å². The Morgan fingerprint density at radius 1 is 1.15 bits per heavy atom. The van der Waals surface area contributed by atoms with Crippen molar-refractivity contribution >= 4 is 29.1 Å². The van der Waals surface area contributed by atoms with Crippen LogP contribution >= 0.6 is 11.8 Å². The van der Waals surface area contributed by atoms with Crippen LogP contribution < -0.4 is 5.32 Å². The minimum Gasteiger partial charge on any atom is -0.387 e. The summed E-state index contributed by atoms with van der Waals surface area (Å²) in [5, 5.41) is 6.45. The first-order chi connectivity index (χ1) is 12.4. The quantitative estimate of drug-likeness (QED) is 0.759. The van der Waals surface area contributed by atoms with Crippen LogP contribution in [0.25, 0.3) is 0 Å². The fourth-order valence-corrected chi connectivity index (χ4v) is 3.18. The molecule has 0 spiro atoms. The van der Waals surface area contributed by atoms with Crippen LogP contribution in [0, 0.1) is 0 Å². The van der Waals surface area contributed by atoms with Gasteiger partial charge in [0.1, 0.15) is 5.71 Å². The number of thioether (sulfide) groups is 1. The molecule has 1 aliphatic heterocycles. The number of oxime groups is 1. The number of halogens is 3. The number of carbonyl (C=O) groups excluding carboxylic acids is 1. The van der Waals surface area contributed by atoms with Gasteiger partial charge in [-0.25, -0.2) is 0 Å². The molecule has 0 radical (unpaired) electrons. The fraction of sp³-hybridized carbons (Fsp3) is 0.222. The fourth-order valence-electron chi connectivity index (χ4n) is 2.41. The van der Waals surface area contributed by atoms with E-state index in [2.05, 4.69) is 10.5 Å². The van der Waals surface area contributed by atoms with Gasteiger partial charge in [-0.15, -0.1) is 11.8 Å². The van der Waals surface area contributed by atoms with Gasteiger partial charge in [0.2, 0.25) is 0 Å². The normalized spacial score (nSPS) is 16.7. The van der Waals surface area contributed by atoms with E-state index in [-0.39, 0.29) is 11.8 Å². The van der Waals surface area contributed by atoms with Crippen molar-refractivity contribution in [2.75, 3.05) is 11.1 Å². The molecule has 2 aromatic rings. The highest BCUT2D eigenvalue weighted by Crippen LogP contribution is 2.33. The average Bonchev–Trinajstić information content (AvgIpc) is 3.11. The van der Waals surface area contributed by atoms with Crippen molar-refractivity contribution in [3.8, 4) is 0 Å². The van der Waals surface area contributed by atoms with E-state index in [1.54, 1.807) is 18.2 Å². The summed E-state index contributed by atoms with van der Waals surface area (Å²) in [6.45, 7) is 0. The number of hydrogen-bond acceptors (Lipinski definition) is 4. The van der Waals surface area contributed by atoms with Gasteiger partial charge < -0.3 is 10.2 Å². The third-order valence-corrected chi connectivity index (χ3v) is 4.77. The molecule has 0 fully saturated rings. The number of nitrogens with zero attached hydrogens (tertiary/aromatic N) is 1. The smallest absolute Gasteiger partial charge is 0.387 e. The van der Waals surface area contributed by atoms with Gasteiger partial charge >= 0.3 is 6.18 Å². The Bertz CT molecular complexity index is 810. The van der Waals surface area contributed by atoms with Crippen molar-refractivity contribution < 1.29 is 22.8 Å². The second-order valence-electron chi connectivity index (χ2n) is 5.60. The van der Waals surface area contributed by atoms with Crippen molar-refractivity contribution in [1.29, 1.82) is 0 Å². The van der Waals surface area contributed by atoms with Gasteiger partial charge in [-0.05, 0) is 17.7 Å². The Hall–Kier alpha value is -2.48. The Morgan fingerprint density at radius 3 is 2.58 bits per heavy atom. The van der Waals surface area contributed by atoms with E-state index in [0.717, 1.165) is 5.56 Å². The van der Waals surface area contributed by atoms with Gasteiger partial charge in [-0.1, -0.05) is 47.6 Å². The number of para-hydroxylation sites is 1. The molecule has 1 atom stereocenters. The monoisotopic (exact) mass is 380 g/mol. The molecule has 3 rings (SSSR count). The standard InChI is InChI=1S/C18H15F3N2O2S/c19-18(20,21)11-26-16-9-5-4-8-13(16)22-17(24)14-10-15(25-23-14)12-6-2-1-3-7-12/h1-9,15H,10-11H2,(H,22,24). The van der Waals surface area contributed by atoms with E-state index in [1.165, 1.54) is 6.07 Å². The summed E-state index contributed by atoms with van der Waals surface area (Å²) in [4.78, 5) is 18.0. The number of rotatable bonds is 5. The molecule has 26 heavy (non-hydrogen) atoms. The average molecular weight is 380 g/mol. The van der Waals surface area contributed by atoms with Crippen LogP contribution in [0.1, 0.15) is 18.1 Å². The maximum Gasteiger partial charge on any atom is 0.398 e. The van der Waals surface area contributed by atoms with Crippen LogP contribution in [0.5, 0.6) is 0 Å². The summed E-state index contributed by atoms with van der Waals surface area (Å²) < 4.78 is 37.3. The molecule has 136 valence electrons. The van der Waals surface area contributed by atoms with Crippen molar-refractivity contribution in [2.45, 2.75) is 23.6 Å². The Balaban J connectivity index is 1.64. The van der Waals surface area contributed by atoms with Crippen molar-refractivity contribution in [3.63, 3.8) is 0 Å². The zero-order valence-electron chi connectivity index (χ0n) is 13.5. The Kier molecular flexibility index (Phi) is 5.51. The number of nitrogens with one attached hydrogen (secondary N) is 1. The summed E-state index contributed by atoms with van der Waals surface area (Å²) in [5.41, 5.74) is 1.42. The third-order valence-electron chi connectivity index (χ3n) is 3.63. The van der Waals surface area contributed by atoms with E-state index in [4.69, 9.17) is 4.84 Å². The molecule has 1 aliphatic rings. The lowest BCUT2D eigenvalue weighted by Gasteiger charge is -2.11. The number of amides is 1. The lowest BCUT2D eigenvalue weighted by molar-refractivity contribution is -0.110. The van der Waals surface area contributed by atoms with Crippen LogP contribution in [0.15, 0.2) is 64.6 Å². The molecule has 0 bridgehead atoms. The van der Waals surface area contributed by atoms with E-state index < -0.39 is 17.8 Å². The largest absolute Gasteiger partial charge is 0.398 e. The first kappa shape index (κ1) is 18.3. The SMILES string of the molecule is O=C(Nc1ccccc1SCC(F)(F)F)C1=NOC(c2ccccc2)C1. The summed E-state index contributed by atoms with van der Waals surface area (Å²) in [7, 11) is 0. The maximum absolute atomic E-state index is 12.4. The van der Waals surface area contributed by atoms with Crippen LogP contribution in [-0.2, 0) is 9.63 Å². The molecule has 0 saturated carbocycles. The van der Waals surface area contributed by atoms with E-state index in [1.807, 2.05) is 30.3 Å². The molecular formula is C18H15F3N2O2S. The summed E-state index contributed by atoms with van der Waals surface area (Å²) in [6, 6.07) is 15.7. The minimum absolute atomic E-state index is 0.203. The zero-order valence-corrected chi connectivity index (χ0v) is 14.3. The third kappa shape index (κ3) is 4.78. The van der Waals surface area contributed by atoms with Crippen LogP contribution in [-0.4, -0.2) is 23.5 Å². The molecule has 1 amide bonds. The molecule has 0 saturated heterocycles. The van der Waals surface area contributed by atoms with Gasteiger partial charge in [0.05, 0.1) is 11.4 Å². The number of carbonyl (C=O) groups is 1. The number of anilines is 1. The predicted octanol–water partition coefficient (Wildman–Crippen LogP) is 4.80. The molecule has 2 aromatic carbocycles. The summed E-state index contributed by atoms with van der Waals surface area (Å²) >= 11 is 0.625. The topological polar surface area (TPSA) is 50.7 Å². The van der Waals surface area contributed by atoms with Crippen LogP contribution in [0.3, 0.4) is 0 Å². The molecule has 1 heterocycles. The number of hydrogen-bond donors (Lipinski definition) is 1. The highest BCUT2D eigenvalue weighted by Gasteiger charge is 2.29. The molecule has 0 aliphatic carbocycles. The van der Waals surface area contributed by atoms with Crippen molar-refractivity contribution in [2.24, 2.45) is 5.16 Å². The number of alkyl halides is 3. The molecule has 1 N–H and O–H groups in total. The second-order valence-corrected chi connectivity index (χ2v) is 6.62. The van der Waals surface area contributed by atoms with Crippen LogP contribution in [0.2, 0.25) is 0 Å². The minimum atomic E-state index is -4.28. The highest BCUT2D eigenvalue weighted by atomic mass is 32.2. The van der Waals surface area contributed by atoms with Crippen LogP contribution in [0.4, 0.5) is 18.9 Å². The van der Waals surface area contributed by atoms with Crippen molar-refractivity contribution in [3.05, 3.63) is 60.2 Å². The van der Waals surface area contributed by atoms with Gasteiger partial charge in [-0.3, -0.25) is 4.79 Å². The van der Waals surface area contributed by atoms with Gasteiger partial charge in [0.25, 0.3) is 5.91 Å². The first-order valence-corrected chi connectivity index (χ1v) is 8.78. The molecule has 0 aromatic heterocycles. The van der Waals surface area contributed by atoms with Gasteiger partial charge in [0, 0.05) is 11.3 Å². The second kappa shape index (κ2) is 7.82. The number of benzene rings is 2. The molecular weight excluding hydrogens is 365 g/mol. The van der Waals surface area contributed by atoms with E-state index in [9.17, 15) is 18.0 Å². The van der Waals surface area contributed by atoms with Crippen molar-refractivity contribution in [1.82, 2.24) is 0 Å². The van der Waals surface area contributed by atoms with Gasteiger partial charge in [-0.2, -0.15) is 13.2 Å². The summed E-state index contributed by atoms with van der Waals surface area (Å²) in [5.74, 6) is -1.51. The lowest BCUT2D eigenvalue weighted by atomic mass is 10.0. The first-order valence-electron chi connectivity index (χ1n) is 7.80. The zero-order chi connectivity index (χ0) is 18.6. The summed E-state index contributed by atoms with van der Waals surface area (Å²) in [6.07, 6.45) is -4.33. The predicted molar refractivity (Wildman–Crippen MR) is 94.2 cm³/mol. The molecule has 4 nitrogen and oxygen atoms in total. The lowest BCUT2D eigenvalue weighted by Crippen LogP contribution is -2.22.